The Morgan fingerprint density at radius 2 is 2.19 bits per heavy atom. The Morgan fingerprint density at radius 3 is 2.81 bits per heavy atom. The van der Waals surface area contributed by atoms with Crippen molar-refractivity contribution in [3.05, 3.63) is 35.4 Å². The van der Waals surface area contributed by atoms with Crippen LogP contribution in [0.4, 0.5) is 16.2 Å². The number of carbonyl (C=O) groups excluding carboxylic acids is 1. The van der Waals surface area contributed by atoms with Gasteiger partial charge in [0.1, 0.15) is 0 Å². The fourth-order valence-electron chi connectivity index (χ4n) is 2.41. The van der Waals surface area contributed by atoms with E-state index < -0.39 is 0 Å². The molecule has 0 bridgehead atoms. The number of amides is 2. The lowest BCUT2D eigenvalue weighted by Crippen LogP contribution is -2.36. The van der Waals surface area contributed by atoms with Crippen LogP contribution in [0.25, 0.3) is 0 Å². The molecule has 1 aliphatic carbocycles. The number of hydrogen-bond donors (Lipinski definition) is 3. The van der Waals surface area contributed by atoms with Crippen LogP contribution in [-0.4, -0.2) is 37.9 Å². The molecule has 21 heavy (non-hydrogen) atoms. The first-order valence-electron chi connectivity index (χ1n) is 6.83. The summed E-state index contributed by atoms with van der Waals surface area (Å²) < 4.78 is 0. The highest BCUT2D eigenvalue weighted by Crippen LogP contribution is 2.32. The van der Waals surface area contributed by atoms with Crippen molar-refractivity contribution in [3.63, 3.8) is 0 Å². The molecule has 0 radical (unpaired) electrons. The number of aliphatic hydroxyl groups is 1. The first-order chi connectivity index (χ1) is 10.0. The van der Waals surface area contributed by atoms with Crippen LogP contribution < -0.4 is 15.5 Å². The molecule has 0 unspecified atom stereocenters. The van der Waals surface area contributed by atoms with E-state index >= 15 is 0 Å². The standard InChI is InChI=1S/C15H20ClN3O2/c1-19(2)14-12(16)4-3-5-13(14)18-15(21)17-11-7-6-10(8-11)9-20/h3-7,10-11,20H,8-9H2,1-2H3,(H2,17,18,21)/t10-,11+/m0/s1. The summed E-state index contributed by atoms with van der Waals surface area (Å²) >= 11 is 6.16. The highest BCUT2D eigenvalue weighted by atomic mass is 35.5. The first-order valence-corrected chi connectivity index (χ1v) is 7.21. The number of aliphatic hydroxyl groups excluding tert-OH is 1. The van der Waals surface area contributed by atoms with E-state index in [1.54, 1.807) is 12.1 Å². The molecule has 2 atom stereocenters. The molecule has 0 saturated carbocycles. The second-order valence-electron chi connectivity index (χ2n) is 5.30. The highest BCUT2D eigenvalue weighted by Gasteiger charge is 2.20. The van der Waals surface area contributed by atoms with E-state index in [0.29, 0.717) is 10.7 Å². The molecule has 1 aliphatic rings. The molecule has 0 saturated heterocycles. The number of nitrogens with zero attached hydrogens (tertiary/aromatic N) is 1. The Labute approximate surface area is 129 Å². The Morgan fingerprint density at radius 1 is 1.43 bits per heavy atom. The maximum absolute atomic E-state index is 12.1. The molecule has 1 aromatic rings. The van der Waals surface area contributed by atoms with Crippen molar-refractivity contribution in [1.82, 2.24) is 5.32 Å². The highest BCUT2D eigenvalue weighted by molar-refractivity contribution is 6.34. The van der Waals surface area contributed by atoms with Crippen LogP contribution in [0, 0.1) is 5.92 Å². The molecule has 0 fully saturated rings. The lowest BCUT2D eigenvalue weighted by atomic mass is 10.1. The number of rotatable bonds is 4. The Balaban J connectivity index is 2.01. The summed E-state index contributed by atoms with van der Waals surface area (Å²) in [4.78, 5) is 13.9. The fraction of sp³-hybridized carbons (Fsp3) is 0.400. The molecule has 114 valence electrons. The maximum atomic E-state index is 12.1. The normalized spacial score (nSPS) is 20.4. The van der Waals surface area contributed by atoms with E-state index in [1.807, 2.05) is 37.2 Å². The zero-order chi connectivity index (χ0) is 15.4. The third kappa shape index (κ3) is 3.89. The quantitative estimate of drug-likeness (QED) is 0.749. The number of urea groups is 1. The summed E-state index contributed by atoms with van der Waals surface area (Å²) in [6.07, 6.45) is 4.56. The second kappa shape index (κ2) is 6.83. The number of benzene rings is 1. The van der Waals surface area contributed by atoms with Crippen LogP contribution in [0.3, 0.4) is 0 Å². The molecular weight excluding hydrogens is 290 g/mol. The number of hydrogen-bond acceptors (Lipinski definition) is 3. The number of carbonyl (C=O) groups is 1. The topological polar surface area (TPSA) is 64.6 Å². The summed E-state index contributed by atoms with van der Waals surface area (Å²) in [7, 11) is 3.74. The zero-order valence-corrected chi connectivity index (χ0v) is 12.9. The van der Waals surface area contributed by atoms with Gasteiger partial charge in [0.2, 0.25) is 0 Å². The fourth-order valence-corrected chi connectivity index (χ4v) is 2.76. The van der Waals surface area contributed by atoms with Gasteiger partial charge in [0.15, 0.2) is 0 Å². The van der Waals surface area contributed by atoms with Crippen LogP contribution in [-0.2, 0) is 0 Å². The van der Waals surface area contributed by atoms with Crippen molar-refractivity contribution in [2.45, 2.75) is 12.5 Å². The molecule has 2 rings (SSSR count). The van der Waals surface area contributed by atoms with Gasteiger partial charge in [-0.05, 0) is 18.6 Å². The minimum absolute atomic E-state index is 0.0517. The van der Waals surface area contributed by atoms with E-state index in [4.69, 9.17) is 16.7 Å². The van der Waals surface area contributed by atoms with Crippen LogP contribution in [0.15, 0.2) is 30.4 Å². The third-order valence-electron chi connectivity index (χ3n) is 3.41. The summed E-state index contributed by atoms with van der Waals surface area (Å²) in [5.74, 6) is 0.124. The predicted octanol–water partition coefficient (Wildman–Crippen LogP) is 2.46. The minimum atomic E-state index is -0.284. The van der Waals surface area contributed by atoms with E-state index in [9.17, 15) is 4.79 Å². The monoisotopic (exact) mass is 309 g/mol. The molecule has 6 heteroatoms. The van der Waals surface area contributed by atoms with Crippen LogP contribution in [0.2, 0.25) is 5.02 Å². The van der Waals surface area contributed by atoms with Gasteiger partial charge in [-0.3, -0.25) is 0 Å². The summed E-state index contributed by atoms with van der Waals surface area (Å²) in [6.45, 7) is 0.107. The third-order valence-corrected chi connectivity index (χ3v) is 3.71. The summed E-state index contributed by atoms with van der Waals surface area (Å²) in [6, 6.07) is 5.05. The number of nitrogens with one attached hydrogen (secondary N) is 2. The van der Waals surface area contributed by atoms with Gasteiger partial charge in [0.05, 0.1) is 16.4 Å². The van der Waals surface area contributed by atoms with Gasteiger partial charge in [-0.15, -0.1) is 0 Å². The molecule has 3 N–H and O–H groups in total. The van der Waals surface area contributed by atoms with Crippen LogP contribution in [0.5, 0.6) is 0 Å². The lowest BCUT2D eigenvalue weighted by molar-refractivity contribution is 0.238. The van der Waals surface area contributed by atoms with Crippen LogP contribution in [0.1, 0.15) is 6.42 Å². The SMILES string of the molecule is CN(C)c1c(Cl)cccc1NC(=O)N[C@@H]1C=C[C@H](CO)C1. The van der Waals surface area contributed by atoms with Crippen molar-refractivity contribution in [2.75, 3.05) is 30.9 Å². The van der Waals surface area contributed by atoms with Crippen molar-refractivity contribution in [2.24, 2.45) is 5.92 Å². The second-order valence-corrected chi connectivity index (χ2v) is 5.71. The van der Waals surface area contributed by atoms with E-state index in [-0.39, 0.29) is 24.6 Å². The lowest BCUT2D eigenvalue weighted by Gasteiger charge is -2.20. The molecule has 5 nitrogen and oxygen atoms in total. The zero-order valence-electron chi connectivity index (χ0n) is 12.1. The molecule has 0 heterocycles. The average molecular weight is 310 g/mol. The van der Waals surface area contributed by atoms with Gasteiger partial charge in [-0.25, -0.2) is 4.79 Å². The molecule has 1 aromatic carbocycles. The summed E-state index contributed by atoms with van der Waals surface area (Å²) in [5, 5.41) is 15.4. The molecule has 2 amide bonds. The van der Waals surface area contributed by atoms with Crippen LogP contribution >= 0.6 is 11.6 Å². The van der Waals surface area contributed by atoms with Crippen molar-refractivity contribution < 1.29 is 9.90 Å². The molecule has 0 aliphatic heterocycles. The van der Waals surface area contributed by atoms with Gasteiger partial charge in [0, 0.05) is 32.7 Å². The van der Waals surface area contributed by atoms with Crippen molar-refractivity contribution in [3.8, 4) is 0 Å². The average Bonchev–Trinajstić information content (AvgIpc) is 2.85. The first kappa shape index (κ1) is 15.7. The Hall–Kier alpha value is -1.72. The van der Waals surface area contributed by atoms with E-state index in [0.717, 1.165) is 12.1 Å². The largest absolute Gasteiger partial charge is 0.396 e. The molecule has 0 aromatic heterocycles. The number of halogens is 1. The van der Waals surface area contributed by atoms with Crippen molar-refractivity contribution >= 4 is 29.0 Å². The number of para-hydroxylation sites is 1. The molecular formula is C15H20ClN3O2. The minimum Gasteiger partial charge on any atom is -0.396 e. The smallest absolute Gasteiger partial charge is 0.319 e. The van der Waals surface area contributed by atoms with Gasteiger partial charge < -0.3 is 20.6 Å². The van der Waals surface area contributed by atoms with Crippen molar-refractivity contribution in [1.29, 1.82) is 0 Å². The van der Waals surface area contributed by atoms with Gasteiger partial charge >= 0.3 is 6.03 Å². The summed E-state index contributed by atoms with van der Waals surface area (Å²) in [5.41, 5.74) is 1.43. The number of anilines is 2. The Kier molecular flexibility index (Phi) is 5.09. The molecule has 0 spiro atoms. The van der Waals surface area contributed by atoms with Gasteiger partial charge in [-0.1, -0.05) is 29.8 Å². The Bertz CT molecular complexity index is 546. The maximum Gasteiger partial charge on any atom is 0.319 e. The van der Waals surface area contributed by atoms with E-state index in [1.165, 1.54) is 0 Å². The van der Waals surface area contributed by atoms with E-state index in [2.05, 4.69) is 10.6 Å². The predicted molar refractivity (Wildman–Crippen MR) is 86.1 cm³/mol. The van der Waals surface area contributed by atoms with Gasteiger partial charge in [-0.2, -0.15) is 0 Å². The van der Waals surface area contributed by atoms with Gasteiger partial charge in [0.25, 0.3) is 0 Å².